The van der Waals surface area contributed by atoms with E-state index in [1.54, 1.807) is 18.2 Å². The van der Waals surface area contributed by atoms with E-state index in [9.17, 15) is 9.59 Å². The lowest BCUT2D eigenvalue weighted by molar-refractivity contribution is -0.158. The Hall–Kier alpha value is -2.10. The molecule has 1 atom stereocenters. The Morgan fingerprint density at radius 2 is 1.92 bits per heavy atom. The van der Waals surface area contributed by atoms with Crippen LogP contribution in [0, 0.1) is 6.92 Å². The molecule has 0 aliphatic carbocycles. The van der Waals surface area contributed by atoms with Crippen molar-refractivity contribution in [3.63, 3.8) is 0 Å². The van der Waals surface area contributed by atoms with E-state index in [1.807, 2.05) is 6.92 Å². The highest BCUT2D eigenvalue weighted by molar-refractivity contribution is 5.94. The zero-order valence-corrected chi connectivity index (χ0v) is 15.0. The summed E-state index contributed by atoms with van der Waals surface area (Å²) in [6.45, 7) is 8.99. The molecule has 1 rings (SSSR count). The van der Waals surface area contributed by atoms with Crippen molar-refractivity contribution in [1.82, 2.24) is 0 Å². The van der Waals surface area contributed by atoms with E-state index in [-0.39, 0.29) is 5.78 Å². The monoisotopic (exact) mass is 332 g/mol. The maximum Gasteiger partial charge on any atom is 0.333 e. The van der Waals surface area contributed by atoms with Crippen molar-refractivity contribution in [2.24, 2.45) is 0 Å². The van der Waals surface area contributed by atoms with Crippen molar-refractivity contribution in [3.8, 4) is 5.75 Å². The van der Waals surface area contributed by atoms with Gasteiger partial charge in [-0.2, -0.15) is 0 Å². The molecule has 4 heteroatoms. The number of hydrogen-bond acceptors (Lipinski definition) is 4. The van der Waals surface area contributed by atoms with Gasteiger partial charge in [-0.05, 0) is 44.0 Å². The summed E-state index contributed by atoms with van der Waals surface area (Å²) in [5, 5.41) is 0. The fraction of sp³-hybridized carbons (Fsp3) is 0.500. The van der Waals surface area contributed by atoms with Crippen molar-refractivity contribution in [2.75, 3.05) is 0 Å². The number of Topliss-reactive ketones (excluding diaryl/α,β-unsaturated/α-hetero) is 1. The van der Waals surface area contributed by atoms with E-state index in [1.165, 1.54) is 26.2 Å². The summed E-state index contributed by atoms with van der Waals surface area (Å²) in [7, 11) is 0. The van der Waals surface area contributed by atoms with Gasteiger partial charge in [0.05, 0.1) is 0 Å². The third kappa shape index (κ3) is 6.99. The molecule has 0 saturated carbocycles. The van der Waals surface area contributed by atoms with Gasteiger partial charge in [-0.25, -0.2) is 4.79 Å². The van der Waals surface area contributed by atoms with Gasteiger partial charge in [-0.1, -0.05) is 39.2 Å². The lowest BCUT2D eigenvalue weighted by Crippen LogP contribution is -2.24. The summed E-state index contributed by atoms with van der Waals surface area (Å²) >= 11 is 0. The fourth-order valence-corrected chi connectivity index (χ4v) is 2.38. The quantitative estimate of drug-likeness (QED) is 0.188. The van der Waals surface area contributed by atoms with E-state index >= 15 is 0 Å². The van der Waals surface area contributed by atoms with Crippen LogP contribution >= 0.6 is 0 Å². The van der Waals surface area contributed by atoms with Crippen LogP contribution in [0.5, 0.6) is 5.75 Å². The predicted molar refractivity (Wildman–Crippen MR) is 95.3 cm³/mol. The number of rotatable bonds is 11. The summed E-state index contributed by atoms with van der Waals surface area (Å²) in [5.41, 5.74) is 1.48. The summed E-state index contributed by atoms with van der Waals surface area (Å²) in [4.78, 5) is 22.9. The van der Waals surface area contributed by atoms with Gasteiger partial charge in [0.15, 0.2) is 5.78 Å². The van der Waals surface area contributed by atoms with Crippen LogP contribution < -0.4 is 4.74 Å². The molecule has 24 heavy (non-hydrogen) atoms. The average molecular weight is 332 g/mol. The number of benzene rings is 1. The highest BCUT2D eigenvalue weighted by Gasteiger charge is 2.16. The van der Waals surface area contributed by atoms with Crippen LogP contribution in [0.2, 0.25) is 0 Å². The van der Waals surface area contributed by atoms with Gasteiger partial charge >= 0.3 is 5.97 Å². The Balaban J connectivity index is 2.70. The van der Waals surface area contributed by atoms with Crippen LogP contribution in [0.1, 0.15) is 68.3 Å². The summed E-state index contributed by atoms with van der Waals surface area (Å²) in [6.07, 6.45) is 6.72. The first kappa shape index (κ1) is 19.9. The van der Waals surface area contributed by atoms with Gasteiger partial charge in [0.1, 0.15) is 5.75 Å². The van der Waals surface area contributed by atoms with Crippen molar-refractivity contribution >= 4 is 11.8 Å². The molecule has 0 aliphatic rings. The molecule has 0 N–H and O–H groups in total. The molecule has 0 spiro atoms. The molecule has 0 aliphatic heterocycles. The highest BCUT2D eigenvalue weighted by Crippen LogP contribution is 2.23. The molecular weight excluding hydrogens is 304 g/mol. The Morgan fingerprint density at radius 3 is 2.50 bits per heavy atom. The van der Waals surface area contributed by atoms with Crippen LogP contribution in [0.25, 0.3) is 0 Å². The Labute approximate surface area is 144 Å². The van der Waals surface area contributed by atoms with Gasteiger partial charge in [-0.15, -0.1) is 0 Å². The van der Waals surface area contributed by atoms with Crippen LogP contribution in [0.3, 0.4) is 0 Å². The number of esters is 1. The first-order valence-electron chi connectivity index (χ1n) is 8.59. The first-order valence-corrected chi connectivity index (χ1v) is 8.59. The molecule has 0 bridgehead atoms. The second-order valence-corrected chi connectivity index (χ2v) is 5.93. The number of ketones is 1. The predicted octanol–water partition coefficient (Wildman–Crippen LogP) is 4.99. The van der Waals surface area contributed by atoms with Crippen molar-refractivity contribution in [3.05, 3.63) is 42.0 Å². The highest BCUT2D eigenvalue weighted by atomic mass is 16.7. The third-order valence-corrected chi connectivity index (χ3v) is 3.80. The van der Waals surface area contributed by atoms with Gasteiger partial charge in [0.2, 0.25) is 6.29 Å². The van der Waals surface area contributed by atoms with E-state index in [0.717, 1.165) is 24.5 Å². The molecule has 132 valence electrons. The third-order valence-electron chi connectivity index (χ3n) is 3.80. The van der Waals surface area contributed by atoms with Gasteiger partial charge in [0.25, 0.3) is 0 Å². The molecule has 1 aromatic carbocycles. The largest absolute Gasteiger partial charge is 0.454 e. The normalized spacial score (nSPS) is 11.6. The second kappa shape index (κ2) is 10.6. The van der Waals surface area contributed by atoms with Gasteiger partial charge in [-0.3, -0.25) is 4.79 Å². The summed E-state index contributed by atoms with van der Waals surface area (Å²) < 4.78 is 11.2. The fourth-order valence-electron chi connectivity index (χ4n) is 2.38. The molecule has 1 aromatic rings. The van der Waals surface area contributed by atoms with E-state index in [0.29, 0.717) is 17.7 Å². The van der Waals surface area contributed by atoms with Crippen LogP contribution in [-0.2, 0) is 9.53 Å². The zero-order valence-electron chi connectivity index (χ0n) is 15.0. The number of carbonyl (C=O) groups excluding carboxylic acids is 2. The minimum atomic E-state index is -0.640. The van der Waals surface area contributed by atoms with Gasteiger partial charge < -0.3 is 9.47 Å². The molecule has 0 aromatic heterocycles. The van der Waals surface area contributed by atoms with E-state index in [2.05, 4.69) is 13.5 Å². The van der Waals surface area contributed by atoms with Crippen LogP contribution in [0.4, 0.5) is 0 Å². The summed E-state index contributed by atoms with van der Waals surface area (Å²) in [5.74, 6) is 0.136. The minimum absolute atomic E-state index is 0.00945. The van der Waals surface area contributed by atoms with Crippen molar-refractivity contribution in [1.29, 1.82) is 0 Å². The number of ether oxygens (including phenoxy) is 2. The van der Waals surface area contributed by atoms with Crippen LogP contribution in [0.15, 0.2) is 30.9 Å². The standard InChI is InChI=1S/C20H28O4/c1-5-7-8-9-10-11-20(24-19(22)6-2)23-18-13-12-17(16(4)21)14-15(18)3/h6,12-14,20H,2,5,7-11H2,1,3-4H3. The molecular formula is C20H28O4. The number of aryl methyl sites for hydroxylation is 1. The molecule has 0 saturated heterocycles. The zero-order chi connectivity index (χ0) is 17.9. The maximum absolute atomic E-state index is 11.5. The lowest BCUT2D eigenvalue weighted by Gasteiger charge is -2.20. The first-order chi connectivity index (χ1) is 11.5. The molecule has 1 unspecified atom stereocenters. The minimum Gasteiger partial charge on any atom is -0.454 e. The molecule has 4 nitrogen and oxygen atoms in total. The van der Waals surface area contributed by atoms with E-state index in [4.69, 9.17) is 9.47 Å². The number of unbranched alkanes of at least 4 members (excludes halogenated alkanes) is 4. The number of carbonyl (C=O) groups is 2. The Morgan fingerprint density at radius 1 is 1.21 bits per heavy atom. The maximum atomic E-state index is 11.5. The average Bonchev–Trinajstić information content (AvgIpc) is 2.55. The molecule has 0 radical (unpaired) electrons. The number of hydrogen-bond donors (Lipinski definition) is 0. The smallest absolute Gasteiger partial charge is 0.333 e. The van der Waals surface area contributed by atoms with Crippen molar-refractivity contribution in [2.45, 2.75) is 65.6 Å². The molecule has 0 fully saturated rings. The molecule has 0 amide bonds. The second-order valence-electron chi connectivity index (χ2n) is 5.93. The van der Waals surface area contributed by atoms with E-state index < -0.39 is 12.3 Å². The Kier molecular flexibility index (Phi) is 8.84. The SMILES string of the molecule is C=CC(=O)OC(CCCCCCC)Oc1ccc(C(C)=O)cc1C. The Bertz CT molecular complexity index is 563. The topological polar surface area (TPSA) is 52.6 Å². The van der Waals surface area contributed by atoms with Gasteiger partial charge in [0, 0.05) is 18.1 Å². The van der Waals surface area contributed by atoms with Crippen LogP contribution in [-0.4, -0.2) is 18.0 Å². The molecule has 0 heterocycles. The lowest BCUT2D eigenvalue weighted by atomic mass is 10.1. The van der Waals surface area contributed by atoms with Crippen molar-refractivity contribution < 1.29 is 19.1 Å². The summed E-state index contributed by atoms with van der Waals surface area (Å²) in [6, 6.07) is 5.25.